The van der Waals surface area contributed by atoms with Crippen LogP contribution in [0.1, 0.15) is 6.92 Å². The summed E-state index contributed by atoms with van der Waals surface area (Å²) in [6, 6.07) is 5.09. The van der Waals surface area contributed by atoms with Gasteiger partial charge in [-0.25, -0.2) is 19.4 Å². The summed E-state index contributed by atoms with van der Waals surface area (Å²) in [7, 11) is 0. The highest BCUT2D eigenvalue weighted by atomic mass is 16.2. The average molecular weight is 311 g/mol. The largest absolute Gasteiger partial charge is 0.335 e. The summed E-state index contributed by atoms with van der Waals surface area (Å²) < 4.78 is 3.56. The fourth-order valence-corrected chi connectivity index (χ4v) is 2.15. The van der Waals surface area contributed by atoms with Crippen LogP contribution in [0.3, 0.4) is 0 Å². The van der Waals surface area contributed by atoms with Crippen LogP contribution >= 0.6 is 0 Å². The number of aromatic nitrogens is 5. The topological polar surface area (TPSA) is 89.7 Å². The summed E-state index contributed by atoms with van der Waals surface area (Å²) in [5.41, 5.74) is 0.619. The second-order valence-electron chi connectivity index (χ2n) is 5.11. The molecule has 0 fully saturated rings. The molecule has 3 heterocycles. The van der Waals surface area contributed by atoms with Crippen molar-refractivity contribution in [1.29, 1.82) is 0 Å². The molecule has 0 spiro atoms. The van der Waals surface area contributed by atoms with Crippen molar-refractivity contribution < 1.29 is 4.79 Å². The maximum atomic E-state index is 12.0. The second-order valence-corrected chi connectivity index (χ2v) is 5.11. The zero-order valence-electron chi connectivity index (χ0n) is 12.6. The molecule has 8 heteroatoms. The van der Waals surface area contributed by atoms with Crippen molar-refractivity contribution in [2.24, 2.45) is 0 Å². The number of hydrogen-bond donors (Lipinski definition) is 2. The van der Waals surface area contributed by atoms with Crippen LogP contribution in [0.4, 0.5) is 10.5 Å². The molecular weight excluding hydrogens is 294 g/mol. The molecule has 0 aromatic carbocycles. The second kappa shape index (κ2) is 6.73. The van der Waals surface area contributed by atoms with Gasteiger partial charge in [0, 0.05) is 37.4 Å². The minimum atomic E-state index is -0.272. The normalized spacial score (nSPS) is 11.9. The Balaban J connectivity index is 1.53. The van der Waals surface area contributed by atoms with Crippen LogP contribution in [0.25, 0.3) is 5.82 Å². The predicted octanol–water partition coefficient (Wildman–Crippen LogP) is 1.67. The van der Waals surface area contributed by atoms with Crippen molar-refractivity contribution in [2.75, 3.05) is 5.32 Å². The van der Waals surface area contributed by atoms with E-state index in [1.165, 1.54) is 0 Å². The molecule has 0 aliphatic carbocycles. The van der Waals surface area contributed by atoms with Gasteiger partial charge in [-0.1, -0.05) is 0 Å². The van der Waals surface area contributed by atoms with E-state index < -0.39 is 0 Å². The molecule has 2 amide bonds. The monoisotopic (exact) mass is 311 g/mol. The first-order valence-corrected chi connectivity index (χ1v) is 7.20. The number of amides is 2. The van der Waals surface area contributed by atoms with E-state index in [1.807, 2.05) is 23.8 Å². The van der Waals surface area contributed by atoms with E-state index in [-0.39, 0.29) is 12.1 Å². The Morgan fingerprint density at radius 2 is 2.22 bits per heavy atom. The van der Waals surface area contributed by atoms with Crippen LogP contribution in [0.15, 0.2) is 55.5 Å². The molecular formula is C15H17N7O. The smallest absolute Gasteiger partial charge is 0.319 e. The lowest BCUT2D eigenvalue weighted by Gasteiger charge is -2.15. The number of carbonyl (C=O) groups is 1. The fourth-order valence-electron chi connectivity index (χ4n) is 2.15. The van der Waals surface area contributed by atoms with Gasteiger partial charge in [0.1, 0.15) is 0 Å². The molecule has 1 atom stereocenters. The van der Waals surface area contributed by atoms with Gasteiger partial charge in [0.2, 0.25) is 0 Å². The van der Waals surface area contributed by atoms with Crippen LogP contribution in [0, 0.1) is 0 Å². The van der Waals surface area contributed by atoms with Gasteiger partial charge in [0.25, 0.3) is 0 Å². The molecule has 23 heavy (non-hydrogen) atoms. The number of imidazole rings is 1. The number of pyridine rings is 1. The maximum Gasteiger partial charge on any atom is 0.319 e. The first kappa shape index (κ1) is 14.8. The minimum absolute atomic E-state index is 0.0273. The lowest BCUT2D eigenvalue weighted by Crippen LogP contribution is -2.38. The zero-order chi connectivity index (χ0) is 16.1. The van der Waals surface area contributed by atoms with E-state index in [1.54, 1.807) is 47.9 Å². The number of rotatable bonds is 5. The van der Waals surface area contributed by atoms with Gasteiger partial charge in [-0.05, 0) is 25.1 Å². The fraction of sp³-hybridized carbons (Fsp3) is 0.200. The van der Waals surface area contributed by atoms with Gasteiger partial charge in [-0.2, -0.15) is 5.10 Å². The maximum absolute atomic E-state index is 12.0. The number of nitrogens with one attached hydrogen (secondary N) is 2. The highest BCUT2D eigenvalue weighted by Gasteiger charge is 2.08. The van der Waals surface area contributed by atoms with Crippen LogP contribution in [-0.2, 0) is 6.54 Å². The zero-order valence-corrected chi connectivity index (χ0v) is 12.6. The van der Waals surface area contributed by atoms with Crippen molar-refractivity contribution in [3.63, 3.8) is 0 Å². The predicted molar refractivity (Wildman–Crippen MR) is 85.2 cm³/mol. The van der Waals surface area contributed by atoms with E-state index in [0.717, 1.165) is 0 Å². The molecule has 0 bridgehead atoms. The van der Waals surface area contributed by atoms with Crippen LogP contribution in [0.5, 0.6) is 0 Å². The number of nitrogens with zero attached hydrogens (tertiary/aromatic N) is 5. The van der Waals surface area contributed by atoms with E-state index in [9.17, 15) is 4.79 Å². The van der Waals surface area contributed by atoms with Crippen molar-refractivity contribution >= 4 is 11.7 Å². The highest BCUT2D eigenvalue weighted by Crippen LogP contribution is 2.08. The summed E-state index contributed by atoms with van der Waals surface area (Å²) in [6.45, 7) is 2.59. The molecule has 0 radical (unpaired) electrons. The van der Waals surface area contributed by atoms with Crippen molar-refractivity contribution in [3.05, 3.63) is 55.5 Å². The van der Waals surface area contributed by atoms with E-state index in [0.29, 0.717) is 18.1 Å². The Hall–Kier alpha value is -3.16. The third-order valence-electron chi connectivity index (χ3n) is 3.17. The first-order valence-electron chi connectivity index (χ1n) is 7.20. The van der Waals surface area contributed by atoms with Crippen molar-refractivity contribution in [1.82, 2.24) is 29.6 Å². The average Bonchev–Trinajstić information content (AvgIpc) is 3.20. The van der Waals surface area contributed by atoms with E-state index in [4.69, 9.17) is 0 Å². The number of anilines is 1. The molecule has 2 N–H and O–H groups in total. The van der Waals surface area contributed by atoms with Gasteiger partial charge in [-0.3, -0.25) is 0 Å². The third kappa shape index (κ3) is 3.94. The summed E-state index contributed by atoms with van der Waals surface area (Å²) >= 11 is 0. The molecule has 0 saturated carbocycles. The molecule has 3 rings (SSSR count). The summed E-state index contributed by atoms with van der Waals surface area (Å²) in [5, 5.41) is 9.72. The van der Waals surface area contributed by atoms with Gasteiger partial charge < -0.3 is 15.2 Å². The molecule has 8 nitrogen and oxygen atoms in total. The number of hydrogen-bond acceptors (Lipinski definition) is 4. The Kier molecular flexibility index (Phi) is 4.32. The van der Waals surface area contributed by atoms with Gasteiger partial charge in [0.15, 0.2) is 5.82 Å². The van der Waals surface area contributed by atoms with E-state index >= 15 is 0 Å². The standard InChI is InChI=1S/C15H17N7O/c1-12(10-21-8-6-16-11-21)19-15(23)20-13-3-4-14(17-9-13)22-7-2-5-18-22/h2-9,11-12H,10H2,1H3,(H2,19,20,23). The molecule has 0 aliphatic heterocycles. The Labute approximate surface area is 133 Å². The quantitative estimate of drug-likeness (QED) is 0.750. The van der Waals surface area contributed by atoms with Gasteiger partial charge >= 0.3 is 6.03 Å². The van der Waals surface area contributed by atoms with Crippen LogP contribution in [0.2, 0.25) is 0 Å². The summed E-state index contributed by atoms with van der Waals surface area (Å²) in [5.74, 6) is 0.689. The van der Waals surface area contributed by atoms with Crippen molar-refractivity contribution in [2.45, 2.75) is 19.5 Å². The molecule has 118 valence electrons. The summed E-state index contributed by atoms with van der Waals surface area (Å²) in [6.07, 6.45) is 10.4. The molecule has 0 aliphatic rings. The number of urea groups is 1. The first-order chi connectivity index (χ1) is 11.2. The molecule has 3 aromatic heterocycles. The molecule has 3 aromatic rings. The Morgan fingerprint density at radius 3 is 2.87 bits per heavy atom. The minimum Gasteiger partial charge on any atom is -0.335 e. The van der Waals surface area contributed by atoms with Gasteiger partial charge in [0.05, 0.1) is 18.2 Å². The third-order valence-corrected chi connectivity index (χ3v) is 3.17. The van der Waals surface area contributed by atoms with Crippen LogP contribution in [-0.4, -0.2) is 36.4 Å². The molecule has 1 unspecified atom stereocenters. The SMILES string of the molecule is CC(Cn1ccnc1)NC(=O)Nc1ccc(-n2cccn2)nc1. The van der Waals surface area contributed by atoms with Crippen molar-refractivity contribution in [3.8, 4) is 5.82 Å². The highest BCUT2D eigenvalue weighted by molar-refractivity contribution is 5.89. The van der Waals surface area contributed by atoms with Gasteiger partial charge in [-0.15, -0.1) is 0 Å². The lowest BCUT2D eigenvalue weighted by atomic mass is 10.3. The Bertz CT molecular complexity index is 735. The molecule has 0 saturated heterocycles. The number of carbonyl (C=O) groups excluding carboxylic acids is 1. The Morgan fingerprint density at radius 1 is 1.30 bits per heavy atom. The van der Waals surface area contributed by atoms with Crippen LogP contribution < -0.4 is 10.6 Å². The van der Waals surface area contributed by atoms with E-state index in [2.05, 4.69) is 25.7 Å². The lowest BCUT2D eigenvalue weighted by molar-refractivity contribution is 0.248. The summed E-state index contributed by atoms with van der Waals surface area (Å²) in [4.78, 5) is 20.2.